The van der Waals surface area contributed by atoms with Gasteiger partial charge in [0.05, 0.1) is 23.4 Å². The lowest BCUT2D eigenvalue weighted by atomic mass is 9.99. The van der Waals surface area contributed by atoms with Gasteiger partial charge in [-0.25, -0.2) is 4.39 Å². The van der Waals surface area contributed by atoms with Crippen LogP contribution in [0.3, 0.4) is 0 Å². The molecule has 3 rings (SSSR count). The third-order valence-corrected chi connectivity index (χ3v) is 4.73. The number of carbonyl (C=O) groups excluding carboxylic acids is 1. The lowest BCUT2D eigenvalue weighted by molar-refractivity contribution is -0.117. The van der Waals surface area contributed by atoms with E-state index < -0.39 is 5.92 Å². The van der Waals surface area contributed by atoms with Crippen LogP contribution in [-0.2, 0) is 4.79 Å². The number of para-hydroxylation sites is 2. The van der Waals surface area contributed by atoms with Crippen LogP contribution in [-0.4, -0.2) is 30.2 Å². The Morgan fingerprint density at radius 3 is 2.52 bits per heavy atom. The molecular weight excluding hydrogens is 319 g/mol. The van der Waals surface area contributed by atoms with Crippen molar-refractivity contribution < 1.29 is 14.3 Å². The molecule has 1 saturated heterocycles. The molecule has 132 valence electrons. The molecule has 1 fully saturated rings. The average molecular weight is 342 g/mol. The zero-order chi connectivity index (χ0) is 17.8. The largest absolute Gasteiger partial charge is 0.393 e. The van der Waals surface area contributed by atoms with Crippen molar-refractivity contribution in [3.8, 4) is 0 Å². The molecule has 1 amide bonds. The Labute approximate surface area is 147 Å². The molecule has 0 saturated carbocycles. The van der Waals surface area contributed by atoms with E-state index in [9.17, 15) is 14.3 Å². The summed E-state index contributed by atoms with van der Waals surface area (Å²) in [6.07, 6.45) is 1.18. The van der Waals surface area contributed by atoms with E-state index in [0.717, 1.165) is 18.8 Å². The molecule has 0 spiro atoms. The number of anilines is 2. The molecular formula is C20H23FN2O2. The molecule has 1 atom stereocenters. The van der Waals surface area contributed by atoms with Gasteiger partial charge in [0.2, 0.25) is 5.91 Å². The minimum absolute atomic E-state index is 0.241. The predicted molar refractivity (Wildman–Crippen MR) is 97.3 cm³/mol. The smallest absolute Gasteiger partial charge is 0.231 e. The van der Waals surface area contributed by atoms with Gasteiger partial charge in [-0.3, -0.25) is 4.79 Å². The van der Waals surface area contributed by atoms with Crippen LogP contribution in [0.5, 0.6) is 0 Å². The molecule has 0 radical (unpaired) electrons. The molecule has 25 heavy (non-hydrogen) atoms. The van der Waals surface area contributed by atoms with Gasteiger partial charge in [-0.1, -0.05) is 30.3 Å². The van der Waals surface area contributed by atoms with Crippen molar-refractivity contribution in [1.82, 2.24) is 0 Å². The third-order valence-electron chi connectivity index (χ3n) is 4.73. The number of hydrogen-bond acceptors (Lipinski definition) is 3. The molecule has 5 heteroatoms. The molecule has 1 unspecified atom stereocenters. The van der Waals surface area contributed by atoms with Gasteiger partial charge in [-0.05, 0) is 43.5 Å². The summed E-state index contributed by atoms with van der Waals surface area (Å²) in [5, 5.41) is 12.6. The summed E-state index contributed by atoms with van der Waals surface area (Å²) < 4.78 is 13.9. The van der Waals surface area contributed by atoms with Gasteiger partial charge in [0.25, 0.3) is 0 Å². The SMILES string of the molecule is CC(C(=O)Nc1ccccc1N1CCC(O)CC1)c1ccccc1F. The number of nitrogens with zero attached hydrogens (tertiary/aromatic N) is 1. The average Bonchev–Trinajstić information content (AvgIpc) is 2.63. The van der Waals surface area contributed by atoms with E-state index in [1.165, 1.54) is 6.07 Å². The van der Waals surface area contributed by atoms with E-state index in [2.05, 4.69) is 10.2 Å². The van der Waals surface area contributed by atoms with E-state index in [1.807, 2.05) is 24.3 Å². The van der Waals surface area contributed by atoms with Gasteiger partial charge >= 0.3 is 0 Å². The van der Waals surface area contributed by atoms with Gasteiger partial charge in [0, 0.05) is 13.1 Å². The number of halogens is 1. The number of aliphatic hydroxyl groups is 1. The van der Waals surface area contributed by atoms with Crippen LogP contribution in [0.25, 0.3) is 0 Å². The zero-order valence-corrected chi connectivity index (χ0v) is 14.3. The molecule has 1 heterocycles. The topological polar surface area (TPSA) is 52.6 Å². The number of carbonyl (C=O) groups is 1. The summed E-state index contributed by atoms with van der Waals surface area (Å²) in [5.41, 5.74) is 2.04. The van der Waals surface area contributed by atoms with Gasteiger partial charge in [-0.2, -0.15) is 0 Å². The molecule has 1 aliphatic rings. The van der Waals surface area contributed by atoms with Crippen LogP contribution in [0.2, 0.25) is 0 Å². The summed E-state index contributed by atoms with van der Waals surface area (Å²) in [6, 6.07) is 14.0. The Kier molecular flexibility index (Phi) is 5.34. The van der Waals surface area contributed by atoms with Crippen LogP contribution >= 0.6 is 0 Å². The minimum Gasteiger partial charge on any atom is -0.393 e. The summed E-state index contributed by atoms with van der Waals surface area (Å²) in [6.45, 7) is 3.20. The van der Waals surface area contributed by atoms with E-state index >= 15 is 0 Å². The van der Waals surface area contributed by atoms with E-state index in [-0.39, 0.29) is 17.8 Å². The lowest BCUT2D eigenvalue weighted by Crippen LogP contribution is -2.36. The highest BCUT2D eigenvalue weighted by molar-refractivity contribution is 5.98. The van der Waals surface area contributed by atoms with Gasteiger partial charge < -0.3 is 15.3 Å². The number of aliphatic hydroxyl groups excluding tert-OH is 1. The second kappa shape index (κ2) is 7.66. The quantitative estimate of drug-likeness (QED) is 0.894. The first-order valence-corrected chi connectivity index (χ1v) is 8.63. The molecule has 1 aliphatic heterocycles. The molecule has 4 nitrogen and oxygen atoms in total. The Morgan fingerprint density at radius 2 is 1.80 bits per heavy atom. The van der Waals surface area contributed by atoms with Crippen molar-refractivity contribution in [1.29, 1.82) is 0 Å². The Morgan fingerprint density at radius 1 is 1.16 bits per heavy atom. The second-order valence-electron chi connectivity index (χ2n) is 6.47. The summed E-state index contributed by atoms with van der Waals surface area (Å²) in [4.78, 5) is 14.8. The monoisotopic (exact) mass is 342 g/mol. The van der Waals surface area contributed by atoms with E-state index in [0.29, 0.717) is 24.1 Å². The zero-order valence-electron chi connectivity index (χ0n) is 14.3. The standard InChI is InChI=1S/C20H23FN2O2/c1-14(16-6-2-3-7-17(16)21)20(25)22-18-8-4-5-9-19(18)23-12-10-15(24)11-13-23/h2-9,14-15,24H,10-13H2,1H3,(H,22,25). The first-order valence-electron chi connectivity index (χ1n) is 8.63. The van der Waals surface area contributed by atoms with Crippen molar-refractivity contribution in [3.63, 3.8) is 0 Å². The van der Waals surface area contributed by atoms with Crippen molar-refractivity contribution in [2.75, 3.05) is 23.3 Å². The minimum atomic E-state index is -0.586. The number of rotatable bonds is 4. The summed E-state index contributed by atoms with van der Waals surface area (Å²) in [5.74, 6) is -1.20. The first-order chi connectivity index (χ1) is 12.1. The maximum atomic E-state index is 13.9. The van der Waals surface area contributed by atoms with Gasteiger partial charge in [0.1, 0.15) is 5.82 Å². The fourth-order valence-corrected chi connectivity index (χ4v) is 3.17. The molecule has 0 aliphatic carbocycles. The maximum Gasteiger partial charge on any atom is 0.231 e. The van der Waals surface area contributed by atoms with Crippen molar-refractivity contribution in [2.45, 2.75) is 31.8 Å². The third kappa shape index (κ3) is 3.99. The Balaban J connectivity index is 1.77. The highest BCUT2D eigenvalue weighted by atomic mass is 19.1. The molecule has 0 bridgehead atoms. The highest BCUT2D eigenvalue weighted by Crippen LogP contribution is 2.29. The fourth-order valence-electron chi connectivity index (χ4n) is 3.17. The molecule has 2 aromatic carbocycles. The maximum absolute atomic E-state index is 13.9. The number of nitrogens with one attached hydrogen (secondary N) is 1. The van der Waals surface area contributed by atoms with Crippen LogP contribution in [0.4, 0.5) is 15.8 Å². The van der Waals surface area contributed by atoms with Crippen molar-refractivity contribution >= 4 is 17.3 Å². The van der Waals surface area contributed by atoms with Crippen LogP contribution < -0.4 is 10.2 Å². The van der Waals surface area contributed by atoms with E-state index in [1.54, 1.807) is 25.1 Å². The normalized spacial score (nSPS) is 16.5. The highest BCUT2D eigenvalue weighted by Gasteiger charge is 2.22. The predicted octanol–water partition coefficient (Wildman–Crippen LogP) is 3.53. The number of piperidine rings is 1. The summed E-state index contributed by atoms with van der Waals surface area (Å²) >= 11 is 0. The molecule has 2 aromatic rings. The Bertz CT molecular complexity index is 742. The van der Waals surface area contributed by atoms with Crippen molar-refractivity contribution in [3.05, 3.63) is 59.9 Å². The van der Waals surface area contributed by atoms with Gasteiger partial charge in [0.15, 0.2) is 0 Å². The number of amides is 1. The van der Waals surface area contributed by atoms with Crippen LogP contribution in [0, 0.1) is 5.82 Å². The lowest BCUT2D eigenvalue weighted by Gasteiger charge is -2.33. The first kappa shape index (κ1) is 17.4. The van der Waals surface area contributed by atoms with E-state index in [4.69, 9.17) is 0 Å². The number of benzene rings is 2. The Hall–Kier alpha value is -2.40. The van der Waals surface area contributed by atoms with Crippen LogP contribution in [0.15, 0.2) is 48.5 Å². The number of hydrogen-bond donors (Lipinski definition) is 2. The van der Waals surface area contributed by atoms with Crippen LogP contribution in [0.1, 0.15) is 31.2 Å². The fraction of sp³-hybridized carbons (Fsp3) is 0.350. The molecule has 2 N–H and O–H groups in total. The summed E-state index contributed by atoms with van der Waals surface area (Å²) in [7, 11) is 0. The second-order valence-corrected chi connectivity index (χ2v) is 6.47. The van der Waals surface area contributed by atoms with Crippen molar-refractivity contribution in [2.24, 2.45) is 0 Å². The van der Waals surface area contributed by atoms with Gasteiger partial charge in [-0.15, -0.1) is 0 Å². The molecule has 0 aromatic heterocycles.